The fraction of sp³-hybridized carbons (Fsp3) is 0.250. The number of hydrogen-bond donors (Lipinski definition) is 1. The largest absolute Gasteiger partial charge is 0.462 e. The van der Waals surface area contributed by atoms with Crippen LogP contribution in [0.25, 0.3) is 16.7 Å². The molecular weight excluding hydrogens is 472 g/mol. The second kappa shape index (κ2) is 10.2. The fourth-order valence-electron chi connectivity index (χ4n) is 3.69. The van der Waals surface area contributed by atoms with Gasteiger partial charge in [0.2, 0.25) is 5.95 Å². The van der Waals surface area contributed by atoms with Crippen molar-refractivity contribution in [1.29, 1.82) is 0 Å². The molecule has 190 valence electrons. The predicted molar refractivity (Wildman–Crippen MR) is 141 cm³/mol. The summed E-state index contributed by atoms with van der Waals surface area (Å²) in [5.74, 6) is -0.546. The lowest BCUT2D eigenvalue weighted by Crippen LogP contribution is -2.24. The Morgan fingerprint density at radius 1 is 0.892 bits per heavy atom. The van der Waals surface area contributed by atoms with Crippen LogP contribution < -0.4 is 10.9 Å². The smallest absolute Gasteiger partial charge is 0.338 e. The molecule has 0 atom stereocenters. The molecule has 0 saturated heterocycles. The van der Waals surface area contributed by atoms with Gasteiger partial charge in [0.05, 0.1) is 29.1 Å². The molecule has 9 heteroatoms. The Bertz CT molecular complexity index is 1520. The van der Waals surface area contributed by atoms with Crippen molar-refractivity contribution in [2.45, 2.75) is 40.2 Å². The molecule has 0 aliphatic rings. The van der Waals surface area contributed by atoms with Gasteiger partial charge in [0.25, 0.3) is 5.56 Å². The van der Waals surface area contributed by atoms with Crippen molar-refractivity contribution < 1.29 is 19.1 Å². The van der Waals surface area contributed by atoms with Crippen molar-refractivity contribution in [3.63, 3.8) is 0 Å². The molecule has 0 fully saturated rings. The number of esters is 2. The molecule has 0 unspecified atom stereocenters. The number of hydrogen-bond acceptors (Lipinski definition) is 8. The summed E-state index contributed by atoms with van der Waals surface area (Å²) in [6.45, 7) is 9.29. The highest BCUT2D eigenvalue weighted by Crippen LogP contribution is 2.22. The van der Waals surface area contributed by atoms with Crippen molar-refractivity contribution in [2.24, 2.45) is 0 Å². The zero-order valence-electron chi connectivity index (χ0n) is 21.4. The van der Waals surface area contributed by atoms with E-state index in [0.717, 1.165) is 0 Å². The number of nitrogens with one attached hydrogen (secondary N) is 1. The van der Waals surface area contributed by atoms with Gasteiger partial charge in [-0.25, -0.2) is 14.6 Å². The van der Waals surface area contributed by atoms with Gasteiger partial charge in [-0.3, -0.25) is 9.36 Å². The van der Waals surface area contributed by atoms with Crippen LogP contribution in [-0.2, 0) is 9.47 Å². The molecule has 37 heavy (non-hydrogen) atoms. The zero-order chi connectivity index (χ0) is 26.7. The van der Waals surface area contributed by atoms with Gasteiger partial charge in [-0.1, -0.05) is 0 Å². The van der Waals surface area contributed by atoms with Gasteiger partial charge in [-0.15, -0.1) is 0 Å². The van der Waals surface area contributed by atoms with Crippen molar-refractivity contribution in [2.75, 3.05) is 11.9 Å². The summed E-state index contributed by atoms with van der Waals surface area (Å²) in [4.78, 5) is 46.4. The van der Waals surface area contributed by atoms with Crippen LogP contribution in [0, 0.1) is 6.92 Å². The lowest BCUT2D eigenvalue weighted by molar-refractivity contribution is 0.00693. The number of anilines is 2. The average Bonchev–Trinajstić information content (AvgIpc) is 2.83. The monoisotopic (exact) mass is 500 g/mol. The number of nitrogens with zero attached hydrogens (tertiary/aromatic N) is 3. The number of aromatic nitrogens is 3. The third kappa shape index (κ3) is 5.83. The number of ether oxygens (including phenoxy) is 2. The van der Waals surface area contributed by atoms with Gasteiger partial charge in [0, 0.05) is 17.1 Å². The molecule has 4 rings (SSSR count). The first-order chi connectivity index (χ1) is 17.6. The van der Waals surface area contributed by atoms with Crippen molar-refractivity contribution >= 4 is 34.6 Å². The van der Waals surface area contributed by atoms with Crippen LogP contribution in [0.3, 0.4) is 0 Å². The van der Waals surface area contributed by atoms with Crippen LogP contribution in [-0.4, -0.2) is 38.7 Å². The minimum absolute atomic E-state index is 0.277. The summed E-state index contributed by atoms with van der Waals surface area (Å²) >= 11 is 0. The van der Waals surface area contributed by atoms with E-state index in [2.05, 4.69) is 15.3 Å². The number of benzene rings is 2. The molecule has 0 saturated carbocycles. The van der Waals surface area contributed by atoms with Crippen LogP contribution >= 0.6 is 0 Å². The maximum Gasteiger partial charge on any atom is 0.338 e. The number of aryl methyl sites for hydroxylation is 1. The lowest BCUT2D eigenvalue weighted by atomic mass is 10.1. The molecule has 0 spiro atoms. The van der Waals surface area contributed by atoms with Crippen LogP contribution in [0.15, 0.2) is 65.5 Å². The third-order valence-corrected chi connectivity index (χ3v) is 5.35. The third-order valence-electron chi connectivity index (χ3n) is 5.35. The Morgan fingerprint density at radius 3 is 2.14 bits per heavy atom. The van der Waals surface area contributed by atoms with E-state index in [1.165, 1.54) is 10.6 Å². The van der Waals surface area contributed by atoms with Gasteiger partial charge >= 0.3 is 11.9 Å². The standard InChI is InChI=1S/C28H28N4O5/c1-6-36-25(34)18-7-11-20(12-8-18)30-27-29-17(2)22-15-16-23(33)32(24(22)31-27)21-13-9-19(10-14-21)26(35)37-28(3,4)5/h7-16H,6H2,1-5H3,(H,29,30,31). The second-order valence-corrected chi connectivity index (χ2v) is 9.35. The highest BCUT2D eigenvalue weighted by molar-refractivity contribution is 5.90. The molecule has 2 aromatic carbocycles. The minimum atomic E-state index is -0.612. The van der Waals surface area contributed by atoms with Gasteiger partial charge < -0.3 is 14.8 Å². The Kier molecular flexibility index (Phi) is 7.06. The maximum atomic E-state index is 12.9. The van der Waals surface area contributed by atoms with E-state index in [1.807, 2.05) is 6.92 Å². The molecule has 9 nitrogen and oxygen atoms in total. The van der Waals surface area contributed by atoms with Gasteiger partial charge in [0.1, 0.15) is 5.60 Å². The maximum absolute atomic E-state index is 12.9. The normalized spacial score (nSPS) is 11.3. The van der Waals surface area contributed by atoms with E-state index in [0.29, 0.717) is 51.8 Å². The number of rotatable bonds is 6. The van der Waals surface area contributed by atoms with Crippen molar-refractivity contribution in [1.82, 2.24) is 14.5 Å². The number of fused-ring (bicyclic) bond motifs is 1. The molecule has 0 aliphatic heterocycles. The molecular formula is C28H28N4O5. The van der Waals surface area contributed by atoms with E-state index in [-0.39, 0.29) is 5.56 Å². The van der Waals surface area contributed by atoms with Crippen molar-refractivity contribution in [3.05, 3.63) is 87.8 Å². The molecule has 2 heterocycles. The highest BCUT2D eigenvalue weighted by atomic mass is 16.6. The van der Waals surface area contributed by atoms with E-state index in [4.69, 9.17) is 9.47 Å². The summed E-state index contributed by atoms with van der Waals surface area (Å²) in [7, 11) is 0. The van der Waals surface area contributed by atoms with Gasteiger partial charge in [-0.05, 0) is 89.2 Å². The number of pyridine rings is 1. The first kappa shape index (κ1) is 25.6. The number of carbonyl (C=O) groups excluding carboxylic acids is 2. The molecule has 0 aliphatic carbocycles. The Balaban J connectivity index is 1.69. The quantitative estimate of drug-likeness (QED) is 0.370. The van der Waals surface area contributed by atoms with E-state index >= 15 is 0 Å². The zero-order valence-corrected chi connectivity index (χ0v) is 21.4. The van der Waals surface area contributed by atoms with Crippen LogP contribution in [0.2, 0.25) is 0 Å². The average molecular weight is 501 g/mol. The lowest BCUT2D eigenvalue weighted by Gasteiger charge is -2.19. The number of carbonyl (C=O) groups is 2. The summed E-state index contributed by atoms with van der Waals surface area (Å²) < 4.78 is 11.9. The molecule has 0 bridgehead atoms. The first-order valence-corrected chi connectivity index (χ1v) is 11.8. The van der Waals surface area contributed by atoms with Gasteiger partial charge in [-0.2, -0.15) is 4.98 Å². The van der Waals surface area contributed by atoms with E-state index in [9.17, 15) is 14.4 Å². The summed E-state index contributed by atoms with van der Waals surface area (Å²) in [5, 5.41) is 3.84. The molecule has 4 aromatic rings. The molecule has 1 N–H and O–H groups in total. The Morgan fingerprint density at radius 2 is 1.51 bits per heavy atom. The molecule has 2 aromatic heterocycles. The second-order valence-electron chi connectivity index (χ2n) is 9.35. The molecule has 0 amide bonds. The fourth-order valence-corrected chi connectivity index (χ4v) is 3.69. The van der Waals surface area contributed by atoms with Crippen LogP contribution in [0.5, 0.6) is 0 Å². The predicted octanol–water partition coefficient (Wildman–Crippen LogP) is 4.96. The van der Waals surface area contributed by atoms with E-state index in [1.54, 1.807) is 82.3 Å². The summed E-state index contributed by atoms with van der Waals surface area (Å²) in [5.41, 5.74) is 2.23. The van der Waals surface area contributed by atoms with Crippen LogP contribution in [0.4, 0.5) is 11.6 Å². The van der Waals surface area contributed by atoms with Crippen molar-refractivity contribution in [3.8, 4) is 5.69 Å². The topological polar surface area (TPSA) is 112 Å². The Hall–Kier alpha value is -4.53. The highest BCUT2D eigenvalue weighted by Gasteiger charge is 2.18. The Labute approximate surface area is 214 Å². The minimum Gasteiger partial charge on any atom is -0.462 e. The van der Waals surface area contributed by atoms with Crippen LogP contribution in [0.1, 0.15) is 54.1 Å². The van der Waals surface area contributed by atoms with E-state index < -0.39 is 17.5 Å². The first-order valence-electron chi connectivity index (χ1n) is 11.8. The molecule has 0 radical (unpaired) electrons. The van der Waals surface area contributed by atoms with Gasteiger partial charge in [0.15, 0.2) is 5.65 Å². The summed E-state index contributed by atoms with van der Waals surface area (Å²) in [6.07, 6.45) is 0. The SMILES string of the molecule is CCOC(=O)c1ccc(Nc2nc(C)c3ccc(=O)n(-c4ccc(C(=O)OC(C)(C)C)cc4)c3n2)cc1. The summed E-state index contributed by atoms with van der Waals surface area (Å²) in [6, 6.07) is 16.5.